The number of hydrogen-bond acceptors (Lipinski definition) is 4. The number of rotatable bonds is 6. The molecular weight excluding hydrogens is 358 g/mol. The van der Waals surface area contributed by atoms with Crippen LogP contribution in [0.2, 0.25) is 0 Å². The molecule has 4 atom stereocenters. The zero-order valence-electron chi connectivity index (χ0n) is 15.5. The third-order valence-electron chi connectivity index (χ3n) is 6.00. The maximum absolute atomic E-state index is 12.7. The van der Waals surface area contributed by atoms with Crippen LogP contribution in [0.5, 0.6) is 5.75 Å². The molecule has 0 spiro atoms. The van der Waals surface area contributed by atoms with Crippen molar-refractivity contribution in [1.82, 2.24) is 15.2 Å². The van der Waals surface area contributed by atoms with Crippen molar-refractivity contribution in [2.24, 2.45) is 11.8 Å². The topological polar surface area (TPSA) is 104 Å². The van der Waals surface area contributed by atoms with Crippen LogP contribution in [0.3, 0.4) is 0 Å². The lowest BCUT2D eigenvalue weighted by molar-refractivity contribution is -0.124. The van der Waals surface area contributed by atoms with Gasteiger partial charge in [-0.25, -0.2) is 0 Å². The summed E-state index contributed by atoms with van der Waals surface area (Å²) in [6, 6.07) is 7.46. The number of aromatic nitrogens is 1. The number of nitrogens with zero attached hydrogens (tertiary/aromatic N) is 1. The molecular formula is C21H25N3O4. The number of aliphatic hydroxyl groups is 1. The van der Waals surface area contributed by atoms with Crippen LogP contribution >= 0.6 is 0 Å². The number of fused-ring (bicyclic) bond motifs is 2. The molecule has 4 N–H and O–H groups in total. The standard InChI is InChI=1S/C21H25N3O4/c25-12-18(21(28)22-17-10-13-3-4-14(17)9-13)23-20(27)16-11-15(5-6-19(16)26)24-7-1-2-8-24/h1-2,5-8,11,13-14,17-18,25-26H,3-4,9-10,12H2,(H,22,28)(H,23,27). The third kappa shape index (κ3) is 3.62. The number of amides is 2. The van der Waals surface area contributed by atoms with Crippen molar-refractivity contribution in [3.05, 3.63) is 48.3 Å². The van der Waals surface area contributed by atoms with E-state index in [9.17, 15) is 19.8 Å². The summed E-state index contributed by atoms with van der Waals surface area (Å²) >= 11 is 0. The number of aromatic hydroxyl groups is 1. The van der Waals surface area contributed by atoms with Gasteiger partial charge in [0.2, 0.25) is 5.91 Å². The molecule has 2 amide bonds. The fourth-order valence-corrected chi connectivity index (χ4v) is 4.51. The molecule has 2 fully saturated rings. The van der Waals surface area contributed by atoms with E-state index in [1.807, 2.05) is 29.1 Å². The molecule has 1 aromatic carbocycles. The monoisotopic (exact) mass is 383 g/mol. The van der Waals surface area contributed by atoms with Crippen LogP contribution in [-0.4, -0.2) is 45.3 Å². The van der Waals surface area contributed by atoms with E-state index in [0.717, 1.165) is 19.3 Å². The van der Waals surface area contributed by atoms with Crippen LogP contribution in [0.15, 0.2) is 42.7 Å². The minimum absolute atomic E-state index is 0.0531. The highest BCUT2D eigenvalue weighted by Crippen LogP contribution is 2.44. The molecule has 1 aromatic heterocycles. The van der Waals surface area contributed by atoms with E-state index >= 15 is 0 Å². The lowest BCUT2D eigenvalue weighted by Gasteiger charge is -2.25. The van der Waals surface area contributed by atoms with Gasteiger partial charge in [-0.3, -0.25) is 9.59 Å². The Bertz CT molecular complexity index is 865. The second-order valence-corrected chi connectivity index (χ2v) is 7.79. The van der Waals surface area contributed by atoms with Gasteiger partial charge in [0.05, 0.1) is 12.2 Å². The largest absolute Gasteiger partial charge is 0.507 e. The summed E-state index contributed by atoms with van der Waals surface area (Å²) in [5, 5.41) is 25.3. The van der Waals surface area contributed by atoms with Gasteiger partial charge in [0.1, 0.15) is 11.8 Å². The number of benzene rings is 1. The molecule has 4 unspecified atom stereocenters. The summed E-state index contributed by atoms with van der Waals surface area (Å²) in [5.74, 6) is 0.0267. The van der Waals surface area contributed by atoms with Crippen molar-refractivity contribution in [2.45, 2.75) is 37.8 Å². The molecule has 1 heterocycles. The molecule has 148 valence electrons. The van der Waals surface area contributed by atoms with E-state index in [2.05, 4.69) is 10.6 Å². The molecule has 0 aliphatic heterocycles. The molecule has 7 nitrogen and oxygen atoms in total. The maximum Gasteiger partial charge on any atom is 0.255 e. The van der Waals surface area contributed by atoms with Crippen LogP contribution in [0.1, 0.15) is 36.0 Å². The number of nitrogens with one attached hydrogen (secondary N) is 2. The average Bonchev–Trinajstić information content (AvgIpc) is 3.44. The second kappa shape index (κ2) is 7.67. The van der Waals surface area contributed by atoms with Crippen molar-refractivity contribution in [3.8, 4) is 11.4 Å². The van der Waals surface area contributed by atoms with Crippen LogP contribution < -0.4 is 10.6 Å². The van der Waals surface area contributed by atoms with Gasteiger partial charge in [0.25, 0.3) is 5.91 Å². The van der Waals surface area contributed by atoms with Crippen molar-refractivity contribution >= 4 is 11.8 Å². The molecule has 4 rings (SSSR count). The van der Waals surface area contributed by atoms with Crippen LogP contribution in [-0.2, 0) is 4.79 Å². The van der Waals surface area contributed by atoms with Gasteiger partial charge in [0.15, 0.2) is 0 Å². The van der Waals surface area contributed by atoms with Crippen LogP contribution in [0.25, 0.3) is 5.69 Å². The smallest absolute Gasteiger partial charge is 0.255 e. The molecule has 2 aromatic rings. The van der Waals surface area contributed by atoms with Crippen LogP contribution in [0, 0.1) is 11.8 Å². The summed E-state index contributed by atoms with van der Waals surface area (Å²) in [4.78, 5) is 25.2. The molecule has 2 saturated carbocycles. The number of hydrogen-bond donors (Lipinski definition) is 4. The number of aliphatic hydroxyl groups excluding tert-OH is 1. The minimum atomic E-state index is -1.05. The quantitative estimate of drug-likeness (QED) is 0.608. The summed E-state index contributed by atoms with van der Waals surface area (Å²) in [6.07, 6.45) is 8.14. The Morgan fingerprint density at radius 3 is 2.61 bits per heavy atom. The van der Waals surface area contributed by atoms with E-state index in [-0.39, 0.29) is 23.3 Å². The van der Waals surface area contributed by atoms with Crippen LogP contribution in [0.4, 0.5) is 0 Å². The van der Waals surface area contributed by atoms with Crippen molar-refractivity contribution in [3.63, 3.8) is 0 Å². The third-order valence-corrected chi connectivity index (χ3v) is 6.00. The molecule has 7 heteroatoms. The predicted molar refractivity (Wildman–Crippen MR) is 103 cm³/mol. The predicted octanol–water partition coefficient (Wildman–Crippen LogP) is 1.58. The fraction of sp³-hybridized carbons (Fsp3) is 0.429. The maximum atomic E-state index is 12.7. The van der Waals surface area contributed by atoms with E-state index < -0.39 is 18.6 Å². The first kappa shape index (κ1) is 18.6. The normalized spacial score (nSPS) is 24.1. The Hall–Kier alpha value is -2.80. The Morgan fingerprint density at radius 1 is 1.18 bits per heavy atom. The lowest BCUT2D eigenvalue weighted by atomic mass is 9.95. The highest BCUT2D eigenvalue weighted by Gasteiger charge is 2.40. The summed E-state index contributed by atoms with van der Waals surface area (Å²) in [6.45, 7) is -0.504. The number of carbonyl (C=O) groups excluding carboxylic acids is 2. The first-order valence-corrected chi connectivity index (χ1v) is 9.73. The van der Waals surface area contributed by atoms with E-state index in [0.29, 0.717) is 17.5 Å². The van der Waals surface area contributed by atoms with Gasteiger partial charge in [-0.05, 0) is 61.4 Å². The molecule has 28 heavy (non-hydrogen) atoms. The molecule has 0 radical (unpaired) electrons. The van der Waals surface area contributed by atoms with E-state index in [1.165, 1.54) is 12.5 Å². The Labute approximate surface area is 163 Å². The molecule has 2 aliphatic rings. The van der Waals surface area contributed by atoms with Gasteiger partial charge < -0.3 is 25.4 Å². The fourth-order valence-electron chi connectivity index (χ4n) is 4.51. The lowest BCUT2D eigenvalue weighted by Crippen LogP contribution is -2.52. The van der Waals surface area contributed by atoms with E-state index in [4.69, 9.17) is 0 Å². The number of phenolic OH excluding ortho intramolecular Hbond substituents is 1. The summed E-state index contributed by atoms with van der Waals surface area (Å²) < 4.78 is 1.81. The average molecular weight is 383 g/mol. The molecule has 2 bridgehead atoms. The minimum Gasteiger partial charge on any atom is -0.507 e. The summed E-state index contributed by atoms with van der Waals surface area (Å²) in [5.41, 5.74) is 0.761. The Balaban J connectivity index is 1.44. The first-order chi connectivity index (χ1) is 13.5. The number of carbonyl (C=O) groups is 2. The van der Waals surface area contributed by atoms with E-state index in [1.54, 1.807) is 12.1 Å². The van der Waals surface area contributed by atoms with Gasteiger partial charge in [-0.15, -0.1) is 0 Å². The Morgan fingerprint density at radius 2 is 1.96 bits per heavy atom. The van der Waals surface area contributed by atoms with Gasteiger partial charge in [0, 0.05) is 24.1 Å². The van der Waals surface area contributed by atoms with Gasteiger partial charge in [-0.1, -0.05) is 6.42 Å². The van der Waals surface area contributed by atoms with Gasteiger partial charge in [-0.2, -0.15) is 0 Å². The van der Waals surface area contributed by atoms with Crippen molar-refractivity contribution in [1.29, 1.82) is 0 Å². The summed E-state index contributed by atoms with van der Waals surface area (Å²) in [7, 11) is 0. The highest BCUT2D eigenvalue weighted by atomic mass is 16.3. The van der Waals surface area contributed by atoms with Crippen molar-refractivity contribution < 1.29 is 19.8 Å². The Kier molecular flexibility index (Phi) is 5.09. The van der Waals surface area contributed by atoms with Crippen molar-refractivity contribution in [2.75, 3.05) is 6.61 Å². The zero-order chi connectivity index (χ0) is 19.7. The number of phenols is 1. The first-order valence-electron chi connectivity index (χ1n) is 9.73. The SMILES string of the molecule is O=C(NC(CO)C(=O)NC1CC2CCC1C2)c1cc(-n2cccc2)ccc1O. The van der Waals surface area contributed by atoms with Gasteiger partial charge >= 0.3 is 0 Å². The zero-order valence-corrected chi connectivity index (χ0v) is 15.5. The molecule has 0 saturated heterocycles. The highest BCUT2D eigenvalue weighted by molar-refractivity contribution is 6.00. The molecule has 2 aliphatic carbocycles. The second-order valence-electron chi connectivity index (χ2n) is 7.79.